The lowest BCUT2D eigenvalue weighted by atomic mass is 10.1. The van der Waals surface area contributed by atoms with Crippen molar-refractivity contribution in [3.8, 4) is 0 Å². The van der Waals surface area contributed by atoms with Gasteiger partial charge in [-0.05, 0) is 39.2 Å². The number of amides is 1. The van der Waals surface area contributed by atoms with Crippen LogP contribution in [0, 0.1) is 0 Å². The summed E-state index contributed by atoms with van der Waals surface area (Å²) < 4.78 is 5.48. The lowest BCUT2D eigenvalue weighted by Gasteiger charge is -2.26. The van der Waals surface area contributed by atoms with Crippen molar-refractivity contribution >= 4 is 39.2 Å². The van der Waals surface area contributed by atoms with Gasteiger partial charge in [-0.1, -0.05) is 11.6 Å². The molecule has 3 rings (SSSR count). The Bertz CT molecular complexity index is 723. The highest BCUT2D eigenvalue weighted by Crippen LogP contribution is 2.36. The summed E-state index contributed by atoms with van der Waals surface area (Å²) in [4.78, 5) is 24.5. The van der Waals surface area contributed by atoms with Crippen LogP contribution in [0.2, 0.25) is 5.15 Å². The number of aromatic nitrogens is 2. The molecule has 0 aromatic carbocycles. The highest BCUT2D eigenvalue weighted by molar-refractivity contribution is 7.19. The van der Waals surface area contributed by atoms with Gasteiger partial charge in [0.05, 0.1) is 11.9 Å². The molecule has 2 aromatic heterocycles. The number of carbonyl (C=O) groups is 1. The van der Waals surface area contributed by atoms with Crippen LogP contribution >= 0.6 is 22.9 Å². The maximum atomic E-state index is 12.3. The summed E-state index contributed by atoms with van der Waals surface area (Å²) in [6.45, 7) is 6.86. The Hall–Kier alpha value is -1.40. The molecule has 1 aliphatic rings. The fourth-order valence-electron chi connectivity index (χ4n) is 2.57. The van der Waals surface area contributed by atoms with Crippen molar-refractivity contribution in [2.24, 2.45) is 0 Å². The number of hydrogen-bond acceptors (Lipinski definition) is 5. The first-order valence-electron chi connectivity index (χ1n) is 7.24. The van der Waals surface area contributed by atoms with E-state index in [1.165, 1.54) is 11.9 Å². The maximum Gasteiger partial charge on any atom is 0.410 e. The van der Waals surface area contributed by atoms with Gasteiger partial charge in [0.15, 0.2) is 0 Å². The molecular formula is C15H18ClN3O2S. The number of halogens is 1. The number of hydrogen-bond donors (Lipinski definition) is 0. The number of rotatable bonds is 0. The maximum absolute atomic E-state index is 12.3. The third-order valence-electron chi connectivity index (χ3n) is 3.47. The van der Waals surface area contributed by atoms with Crippen LogP contribution in [0.1, 0.15) is 37.6 Å². The van der Waals surface area contributed by atoms with E-state index in [0.717, 1.165) is 27.9 Å². The number of ether oxygens (including phenoxy) is 1. The van der Waals surface area contributed by atoms with E-state index in [2.05, 4.69) is 9.97 Å². The fraction of sp³-hybridized carbons (Fsp3) is 0.533. The lowest BCUT2D eigenvalue weighted by Crippen LogP contribution is -2.36. The van der Waals surface area contributed by atoms with Crippen molar-refractivity contribution in [2.75, 3.05) is 6.54 Å². The van der Waals surface area contributed by atoms with Gasteiger partial charge in [0, 0.05) is 11.4 Å². The Morgan fingerprint density at radius 1 is 1.41 bits per heavy atom. The zero-order chi connectivity index (χ0) is 15.9. The van der Waals surface area contributed by atoms with Gasteiger partial charge in [-0.15, -0.1) is 11.3 Å². The quantitative estimate of drug-likeness (QED) is 0.680. The number of aryl methyl sites for hydroxylation is 1. The summed E-state index contributed by atoms with van der Waals surface area (Å²) in [5.74, 6) is 0. The van der Waals surface area contributed by atoms with Crippen LogP contribution in [0.4, 0.5) is 4.79 Å². The summed E-state index contributed by atoms with van der Waals surface area (Å²) in [5.41, 5.74) is 0.693. The summed E-state index contributed by atoms with van der Waals surface area (Å²) in [7, 11) is 0. The summed E-state index contributed by atoms with van der Waals surface area (Å²) in [6, 6.07) is 0. The van der Waals surface area contributed by atoms with E-state index in [0.29, 0.717) is 18.2 Å². The molecule has 0 saturated heterocycles. The number of carbonyl (C=O) groups excluding carboxylic acids is 1. The van der Waals surface area contributed by atoms with E-state index >= 15 is 0 Å². The molecule has 0 fully saturated rings. The van der Waals surface area contributed by atoms with E-state index in [1.807, 2.05) is 20.8 Å². The molecule has 2 aromatic rings. The largest absolute Gasteiger partial charge is 0.444 e. The molecule has 0 bridgehead atoms. The van der Waals surface area contributed by atoms with E-state index in [1.54, 1.807) is 16.2 Å². The molecule has 3 heterocycles. The molecule has 1 aliphatic heterocycles. The highest BCUT2D eigenvalue weighted by atomic mass is 35.5. The third-order valence-corrected chi connectivity index (χ3v) is 4.88. The van der Waals surface area contributed by atoms with Gasteiger partial charge in [0.2, 0.25) is 0 Å². The summed E-state index contributed by atoms with van der Waals surface area (Å²) in [6.07, 6.45) is 2.96. The van der Waals surface area contributed by atoms with Crippen molar-refractivity contribution < 1.29 is 9.53 Å². The van der Waals surface area contributed by atoms with Crippen molar-refractivity contribution in [1.29, 1.82) is 0 Å². The van der Waals surface area contributed by atoms with Crippen LogP contribution in [-0.2, 0) is 17.7 Å². The van der Waals surface area contributed by atoms with Gasteiger partial charge in [-0.3, -0.25) is 0 Å². The second-order valence-corrected chi connectivity index (χ2v) is 7.80. The van der Waals surface area contributed by atoms with Gasteiger partial charge < -0.3 is 9.64 Å². The standard InChI is InChI=1S/C15H18ClN3O2S/c1-15(2,3)21-14(20)19-6-4-5-9-10(7-19)22-13-11(9)12(16)17-8-18-13/h8H,4-7H2,1-3H3. The van der Waals surface area contributed by atoms with Gasteiger partial charge in [-0.25, -0.2) is 14.8 Å². The minimum absolute atomic E-state index is 0.269. The molecule has 0 N–H and O–H groups in total. The minimum atomic E-state index is -0.485. The third kappa shape index (κ3) is 3.03. The normalized spacial score (nSPS) is 15.5. The predicted octanol–water partition coefficient (Wildman–Crippen LogP) is 4.03. The molecule has 0 atom stereocenters. The molecule has 118 valence electrons. The van der Waals surface area contributed by atoms with Gasteiger partial charge in [-0.2, -0.15) is 0 Å². The summed E-state index contributed by atoms with van der Waals surface area (Å²) in [5, 5.41) is 1.43. The van der Waals surface area contributed by atoms with Gasteiger partial charge in [0.25, 0.3) is 0 Å². The van der Waals surface area contributed by atoms with Gasteiger partial charge >= 0.3 is 6.09 Å². The van der Waals surface area contributed by atoms with E-state index in [4.69, 9.17) is 16.3 Å². The number of fused-ring (bicyclic) bond motifs is 3. The molecule has 0 spiro atoms. The van der Waals surface area contributed by atoms with Crippen molar-refractivity contribution in [1.82, 2.24) is 14.9 Å². The van der Waals surface area contributed by atoms with E-state index in [9.17, 15) is 4.79 Å². The Morgan fingerprint density at radius 3 is 2.91 bits per heavy atom. The van der Waals surface area contributed by atoms with E-state index < -0.39 is 5.60 Å². The molecule has 0 radical (unpaired) electrons. The molecule has 0 aliphatic carbocycles. The lowest BCUT2D eigenvalue weighted by molar-refractivity contribution is 0.0238. The van der Waals surface area contributed by atoms with Crippen molar-refractivity contribution in [2.45, 2.75) is 45.8 Å². The Labute approximate surface area is 138 Å². The highest BCUT2D eigenvalue weighted by Gasteiger charge is 2.27. The second kappa shape index (κ2) is 5.66. The van der Waals surface area contributed by atoms with Crippen LogP contribution in [0.3, 0.4) is 0 Å². The molecular weight excluding hydrogens is 322 g/mol. The smallest absolute Gasteiger partial charge is 0.410 e. The first-order chi connectivity index (χ1) is 10.3. The first kappa shape index (κ1) is 15.5. The van der Waals surface area contributed by atoms with Crippen molar-refractivity contribution in [3.05, 3.63) is 21.9 Å². The molecule has 0 unspecified atom stereocenters. The Balaban J connectivity index is 1.92. The molecule has 7 heteroatoms. The average Bonchev–Trinajstić information content (AvgIpc) is 2.62. The van der Waals surface area contributed by atoms with Crippen LogP contribution in [0.5, 0.6) is 0 Å². The zero-order valence-corrected chi connectivity index (χ0v) is 14.4. The monoisotopic (exact) mass is 339 g/mol. The van der Waals surface area contributed by atoms with Crippen LogP contribution in [0.15, 0.2) is 6.33 Å². The second-order valence-electron chi connectivity index (χ2n) is 6.35. The zero-order valence-electron chi connectivity index (χ0n) is 12.9. The number of thiophene rings is 1. The topological polar surface area (TPSA) is 55.3 Å². The Kier molecular flexibility index (Phi) is 3.99. The van der Waals surface area contributed by atoms with Gasteiger partial charge in [0.1, 0.15) is 21.9 Å². The molecule has 22 heavy (non-hydrogen) atoms. The van der Waals surface area contributed by atoms with Crippen LogP contribution < -0.4 is 0 Å². The average molecular weight is 340 g/mol. The molecule has 0 saturated carbocycles. The van der Waals surface area contributed by atoms with Crippen molar-refractivity contribution in [3.63, 3.8) is 0 Å². The minimum Gasteiger partial charge on any atom is -0.444 e. The summed E-state index contributed by atoms with van der Waals surface area (Å²) >= 11 is 7.81. The predicted molar refractivity (Wildman–Crippen MR) is 87.4 cm³/mol. The molecule has 5 nitrogen and oxygen atoms in total. The Morgan fingerprint density at radius 2 is 2.18 bits per heavy atom. The molecule has 1 amide bonds. The van der Waals surface area contributed by atoms with Crippen LogP contribution in [-0.4, -0.2) is 33.1 Å². The fourth-order valence-corrected chi connectivity index (χ4v) is 4.08. The number of nitrogens with zero attached hydrogens (tertiary/aromatic N) is 3. The first-order valence-corrected chi connectivity index (χ1v) is 8.43. The van der Waals surface area contributed by atoms with E-state index in [-0.39, 0.29) is 6.09 Å². The van der Waals surface area contributed by atoms with Crippen LogP contribution in [0.25, 0.3) is 10.2 Å². The SMILES string of the molecule is CC(C)(C)OC(=O)N1CCCc2c(sc3ncnc(Cl)c23)C1.